The fourth-order valence-electron chi connectivity index (χ4n) is 2.21. The number of carbonyl (C=O) groups excluding carboxylic acids is 1. The molecule has 0 saturated heterocycles. The third-order valence-corrected chi connectivity index (χ3v) is 2.94. The van der Waals surface area contributed by atoms with E-state index in [2.05, 4.69) is 9.98 Å². The maximum Gasteiger partial charge on any atom is 0.229 e. The third-order valence-electron chi connectivity index (χ3n) is 2.94. The molecule has 1 aromatic heterocycles. The minimum Gasteiger partial charge on any atom is -0.395 e. The molecule has 2 heterocycles. The Morgan fingerprint density at radius 3 is 2.89 bits per heavy atom. The van der Waals surface area contributed by atoms with Crippen molar-refractivity contribution < 1.29 is 9.53 Å². The molecule has 1 aliphatic carbocycles. The van der Waals surface area contributed by atoms with Crippen molar-refractivity contribution in [1.29, 1.82) is 0 Å². The van der Waals surface area contributed by atoms with E-state index in [9.17, 15) is 4.79 Å². The fourth-order valence-corrected chi connectivity index (χ4v) is 2.21. The number of halogens is 2. The number of ketones is 1. The number of Topliss-reactive ketones (excluding diaryl/α,β-unsaturated/α-hetero) is 1. The minimum absolute atomic E-state index is 0. The molecule has 104 valence electrons. The number of carbonyl (C=O) groups is 1. The number of nitrogens with zero attached hydrogens (tertiary/aromatic N) is 3. The lowest BCUT2D eigenvalue weighted by Crippen LogP contribution is -2.27. The maximum absolute atomic E-state index is 11.9. The monoisotopic (exact) mass is 304 g/mol. The van der Waals surface area contributed by atoms with E-state index < -0.39 is 0 Å². The topological polar surface area (TPSA) is 82.5 Å². The summed E-state index contributed by atoms with van der Waals surface area (Å²) >= 11 is 0. The van der Waals surface area contributed by atoms with Crippen LogP contribution in [0, 0.1) is 0 Å². The van der Waals surface area contributed by atoms with Gasteiger partial charge >= 0.3 is 0 Å². The summed E-state index contributed by atoms with van der Waals surface area (Å²) in [6, 6.07) is 0. The summed E-state index contributed by atoms with van der Waals surface area (Å²) in [5, 5.41) is 0. The smallest absolute Gasteiger partial charge is 0.229 e. The number of hydrogen-bond acceptors (Lipinski definition) is 5. The van der Waals surface area contributed by atoms with Crippen LogP contribution in [-0.4, -0.2) is 34.7 Å². The molecule has 19 heavy (non-hydrogen) atoms. The van der Waals surface area contributed by atoms with Gasteiger partial charge in [0.25, 0.3) is 0 Å². The molecule has 0 atom stereocenters. The van der Waals surface area contributed by atoms with E-state index in [0.717, 1.165) is 23.8 Å². The predicted octanol–water partition coefficient (Wildman–Crippen LogP) is 0.715. The second-order valence-corrected chi connectivity index (χ2v) is 4.01. The van der Waals surface area contributed by atoms with Crippen LogP contribution < -0.4 is 5.73 Å². The molecule has 3 rings (SSSR count). The van der Waals surface area contributed by atoms with Crippen molar-refractivity contribution in [2.24, 2.45) is 10.7 Å². The zero-order valence-corrected chi connectivity index (χ0v) is 11.9. The van der Waals surface area contributed by atoms with Crippen LogP contribution in [0.4, 0.5) is 0 Å². The lowest BCUT2D eigenvalue weighted by atomic mass is 10.0. The molecule has 1 aromatic rings. The average Bonchev–Trinajstić information content (AvgIpc) is 2.68. The molecule has 0 amide bonds. The predicted molar refractivity (Wildman–Crippen MR) is 75.4 cm³/mol. The Labute approximate surface area is 122 Å². The van der Waals surface area contributed by atoms with Gasteiger partial charge in [-0.1, -0.05) is 0 Å². The van der Waals surface area contributed by atoms with Crippen molar-refractivity contribution in [3.63, 3.8) is 0 Å². The van der Waals surface area contributed by atoms with Crippen LogP contribution in [0.2, 0.25) is 0 Å². The van der Waals surface area contributed by atoms with Gasteiger partial charge in [0.05, 0.1) is 23.6 Å². The highest BCUT2D eigenvalue weighted by Crippen LogP contribution is 2.24. The maximum atomic E-state index is 11.9. The van der Waals surface area contributed by atoms with Crippen molar-refractivity contribution in [2.45, 2.75) is 13.2 Å². The lowest BCUT2D eigenvalue weighted by molar-refractivity contribution is 0.102. The van der Waals surface area contributed by atoms with Gasteiger partial charge in [-0.3, -0.25) is 9.79 Å². The standard InChI is InChI=1S/C11H12N4O2.2ClH/c1-17-5-8-14-9-10-7(4-6(12)11(9)16)13-2-3-15(8)10;;/h4H,2-3,5,12H2,1H3;2*1H. The molecular formula is C11H14Cl2N4O2. The van der Waals surface area contributed by atoms with Crippen LogP contribution in [0.3, 0.4) is 0 Å². The van der Waals surface area contributed by atoms with Gasteiger partial charge in [0.15, 0.2) is 0 Å². The normalized spacial score (nSPS) is 15.7. The van der Waals surface area contributed by atoms with Crippen LogP contribution in [0.1, 0.15) is 22.0 Å². The van der Waals surface area contributed by atoms with Crippen LogP contribution in [0.15, 0.2) is 16.8 Å². The molecule has 0 radical (unpaired) electrons. The SMILES string of the molecule is COCc1nc2c3n1CCN=C3C=C(N)C2=O.Cl.Cl. The highest BCUT2D eigenvalue weighted by molar-refractivity contribution is 6.24. The number of hydrogen-bond donors (Lipinski definition) is 1. The number of ether oxygens (including phenoxy) is 1. The third kappa shape index (κ3) is 2.27. The summed E-state index contributed by atoms with van der Waals surface area (Å²) in [6.07, 6.45) is 1.62. The first-order valence-electron chi connectivity index (χ1n) is 5.37. The first kappa shape index (κ1) is 15.7. The molecule has 2 aliphatic rings. The Morgan fingerprint density at radius 1 is 1.47 bits per heavy atom. The second-order valence-electron chi connectivity index (χ2n) is 4.01. The highest BCUT2D eigenvalue weighted by Gasteiger charge is 2.31. The van der Waals surface area contributed by atoms with Crippen LogP contribution in [0.5, 0.6) is 0 Å². The Morgan fingerprint density at radius 2 is 2.21 bits per heavy atom. The van der Waals surface area contributed by atoms with Gasteiger partial charge in [-0.25, -0.2) is 4.98 Å². The molecule has 8 heteroatoms. The van der Waals surface area contributed by atoms with E-state index in [1.54, 1.807) is 13.2 Å². The summed E-state index contributed by atoms with van der Waals surface area (Å²) in [7, 11) is 1.60. The largest absolute Gasteiger partial charge is 0.395 e. The van der Waals surface area contributed by atoms with Gasteiger partial charge in [-0.15, -0.1) is 24.8 Å². The molecule has 6 nitrogen and oxygen atoms in total. The molecule has 0 aromatic carbocycles. The zero-order chi connectivity index (χ0) is 12.0. The number of aliphatic imine (C=N–C) groups is 1. The molecule has 1 aliphatic heterocycles. The quantitative estimate of drug-likeness (QED) is 0.872. The Bertz CT molecular complexity index is 577. The van der Waals surface area contributed by atoms with Crippen molar-refractivity contribution in [3.05, 3.63) is 29.0 Å². The molecular weight excluding hydrogens is 291 g/mol. The van der Waals surface area contributed by atoms with Crippen LogP contribution >= 0.6 is 24.8 Å². The van der Waals surface area contributed by atoms with Crippen molar-refractivity contribution >= 4 is 36.3 Å². The van der Waals surface area contributed by atoms with Gasteiger partial charge in [-0.2, -0.15) is 0 Å². The van der Waals surface area contributed by atoms with Gasteiger partial charge in [0.2, 0.25) is 5.78 Å². The Kier molecular flexibility index (Phi) is 4.73. The summed E-state index contributed by atoms with van der Waals surface area (Å²) in [6.45, 7) is 1.78. The zero-order valence-electron chi connectivity index (χ0n) is 10.3. The van der Waals surface area contributed by atoms with E-state index in [0.29, 0.717) is 18.8 Å². The molecule has 0 bridgehead atoms. The van der Waals surface area contributed by atoms with E-state index in [4.69, 9.17) is 10.5 Å². The van der Waals surface area contributed by atoms with Crippen molar-refractivity contribution in [3.8, 4) is 0 Å². The van der Waals surface area contributed by atoms with Gasteiger partial charge in [-0.05, 0) is 6.08 Å². The number of aromatic nitrogens is 2. The van der Waals surface area contributed by atoms with Gasteiger partial charge < -0.3 is 15.0 Å². The molecule has 0 fully saturated rings. The van der Waals surface area contributed by atoms with E-state index in [1.165, 1.54) is 0 Å². The number of allylic oxidation sites excluding steroid dienone is 2. The highest BCUT2D eigenvalue weighted by atomic mass is 35.5. The van der Waals surface area contributed by atoms with E-state index >= 15 is 0 Å². The fraction of sp³-hybridized carbons (Fsp3) is 0.364. The number of imidazole rings is 1. The molecule has 0 unspecified atom stereocenters. The first-order chi connectivity index (χ1) is 8.22. The summed E-state index contributed by atoms with van der Waals surface area (Å²) < 4.78 is 7.07. The average molecular weight is 305 g/mol. The van der Waals surface area contributed by atoms with E-state index in [1.807, 2.05) is 4.57 Å². The molecule has 0 spiro atoms. The number of rotatable bonds is 2. The van der Waals surface area contributed by atoms with E-state index in [-0.39, 0.29) is 36.3 Å². The van der Waals surface area contributed by atoms with Gasteiger partial charge in [0.1, 0.15) is 18.1 Å². The number of methoxy groups -OCH3 is 1. The van der Waals surface area contributed by atoms with Crippen molar-refractivity contribution in [2.75, 3.05) is 13.7 Å². The number of nitrogens with two attached hydrogens (primary N) is 1. The first-order valence-corrected chi connectivity index (χ1v) is 5.37. The lowest BCUT2D eigenvalue weighted by Gasteiger charge is -2.18. The van der Waals surface area contributed by atoms with Crippen LogP contribution in [0.25, 0.3) is 0 Å². The van der Waals surface area contributed by atoms with Crippen molar-refractivity contribution in [1.82, 2.24) is 9.55 Å². The van der Waals surface area contributed by atoms with Crippen LogP contribution in [-0.2, 0) is 17.9 Å². The minimum atomic E-state index is -0.225. The second kappa shape index (κ2) is 5.73. The van der Waals surface area contributed by atoms with Gasteiger partial charge in [0, 0.05) is 13.7 Å². The summed E-state index contributed by atoms with van der Waals surface area (Å²) in [5.74, 6) is 0.526. The molecule has 2 N–H and O–H groups in total. The summed E-state index contributed by atoms with van der Waals surface area (Å²) in [4.78, 5) is 20.6. The summed E-state index contributed by atoms with van der Waals surface area (Å²) in [5.41, 5.74) is 7.79. The molecule has 0 saturated carbocycles. The Balaban J connectivity index is 0.000000902. The Hall–Kier alpha value is -1.37.